The average molecular weight is 616 g/mol. The molecule has 6 rings (SSSR count). The third-order valence-electron chi connectivity index (χ3n) is 7.82. The topological polar surface area (TPSA) is 41.0 Å². The van der Waals surface area contributed by atoms with E-state index >= 15 is 0 Å². The fourth-order valence-electron chi connectivity index (χ4n) is 5.55. The van der Waals surface area contributed by atoms with Gasteiger partial charge in [-0.25, -0.2) is 9.97 Å². The van der Waals surface area contributed by atoms with Crippen molar-refractivity contribution < 1.29 is 0 Å². The van der Waals surface area contributed by atoms with Crippen LogP contribution in [0.15, 0.2) is 103 Å². The number of aromatic nitrogens is 2. The van der Waals surface area contributed by atoms with Crippen LogP contribution in [-0.2, 0) is 19.3 Å². The standard InChI is InChI=1S/C35H32Cl2N4.ClH/c1-41(18-16-24-8-3-2-4-9-24)19-17-25-10-7-11-28(20-25)39-35-38-23-27-21-31(26-14-15-32(36)33(37)22-26)29-12-5-6-13-30(29)34(27)40-35;/h2-15,20,22-23,31H,16-19,21H2,1H3,(H,38,39,40);1H/t31-;/m0./s1. The Hall–Kier alpha value is -3.41. The van der Waals surface area contributed by atoms with E-state index in [9.17, 15) is 0 Å². The monoisotopic (exact) mass is 614 g/mol. The van der Waals surface area contributed by atoms with E-state index in [1.54, 1.807) is 0 Å². The molecule has 214 valence electrons. The van der Waals surface area contributed by atoms with Gasteiger partial charge in [-0.15, -0.1) is 12.4 Å². The molecule has 0 saturated carbocycles. The minimum absolute atomic E-state index is 0. The minimum atomic E-state index is 0. The molecule has 0 aliphatic heterocycles. The molecule has 4 aromatic carbocycles. The van der Waals surface area contributed by atoms with Crippen molar-refractivity contribution in [1.82, 2.24) is 14.9 Å². The zero-order chi connectivity index (χ0) is 28.2. The molecule has 1 N–H and O–H groups in total. The Labute approximate surface area is 264 Å². The van der Waals surface area contributed by atoms with Crippen LogP contribution in [0.2, 0.25) is 10.0 Å². The zero-order valence-corrected chi connectivity index (χ0v) is 25.8. The summed E-state index contributed by atoms with van der Waals surface area (Å²) in [6, 6.07) is 33.6. The molecule has 0 fully saturated rings. The van der Waals surface area contributed by atoms with Crippen molar-refractivity contribution in [2.75, 3.05) is 25.5 Å². The first kappa shape index (κ1) is 30.1. The van der Waals surface area contributed by atoms with E-state index in [1.165, 1.54) is 16.7 Å². The minimum Gasteiger partial charge on any atom is -0.324 e. The Balaban J connectivity index is 0.00000353. The molecule has 1 aromatic heterocycles. The van der Waals surface area contributed by atoms with Crippen LogP contribution < -0.4 is 5.32 Å². The van der Waals surface area contributed by atoms with Crippen LogP contribution in [0.25, 0.3) is 11.3 Å². The number of nitrogens with one attached hydrogen (secondary N) is 1. The molecule has 1 atom stereocenters. The van der Waals surface area contributed by atoms with Gasteiger partial charge in [0, 0.05) is 36.5 Å². The van der Waals surface area contributed by atoms with E-state index in [-0.39, 0.29) is 18.3 Å². The van der Waals surface area contributed by atoms with Gasteiger partial charge >= 0.3 is 0 Å². The third kappa shape index (κ3) is 6.96. The van der Waals surface area contributed by atoms with Gasteiger partial charge in [0.2, 0.25) is 5.95 Å². The van der Waals surface area contributed by atoms with Gasteiger partial charge in [-0.1, -0.05) is 96.0 Å². The molecular formula is C35H33Cl3N4. The number of rotatable bonds is 9. The van der Waals surface area contributed by atoms with Crippen LogP contribution in [-0.4, -0.2) is 35.0 Å². The molecule has 0 bridgehead atoms. The number of anilines is 2. The maximum atomic E-state index is 6.37. The van der Waals surface area contributed by atoms with Gasteiger partial charge in [0.15, 0.2) is 0 Å². The largest absolute Gasteiger partial charge is 0.324 e. The second kappa shape index (κ2) is 13.7. The smallest absolute Gasteiger partial charge is 0.227 e. The number of halogens is 3. The van der Waals surface area contributed by atoms with Crippen molar-refractivity contribution in [3.8, 4) is 11.3 Å². The fraction of sp³-hybridized carbons (Fsp3) is 0.200. The summed E-state index contributed by atoms with van der Waals surface area (Å²) in [5, 5.41) is 4.59. The Morgan fingerprint density at radius 2 is 1.55 bits per heavy atom. The molecular weight excluding hydrogens is 583 g/mol. The number of nitrogens with zero attached hydrogens (tertiary/aromatic N) is 3. The summed E-state index contributed by atoms with van der Waals surface area (Å²) in [6.07, 6.45) is 4.80. The second-order valence-electron chi connectivity index (χ2n) is 10.7. The van der Waals surface area contributed by atoms with Crippen LogP contribution in [0, 0.1) is 0 Å². The molecule has 0 unspecified atom stereocenters. The number of hydrogen-bond donors (Lipinski definition) is 1. The van der Waals surface area contributed by atoms with Gasteiger partial charge in [-0.3, -0.25) is 0 Å². The van der Waals surface area contributed by atoms with Gasteiger partial charge < -0.3 is 10.2 Å². The number of likely N-dealkylation sites (N-methyl/N-ethyl adjacent to an activating group) is 1. The molecule has 0 saturated heterocycles. The normalized spacial score (nSPS) is 13.7. The first-order valence-electron chi connectivity index (χ1n) is 14.0. The molecule has 42 heavy (non-hydrogen) atoms. The van der Waals surface area contributed by atoms with Crippen molar-refractivity contribution in [1.29, 1.82) is 0 Å². The molecule has 4 nitrogen and oxygen atoms in total. The van der Waals surface area contributed by atoms with Gasteiger partial charge in [0.25, 0.3) is 0 Å². The Kier molecular flexibility index (Phi) is 9.81. The van der Waals surface area contributed by atoms with E-state index in [2.05, 4.69) is 102 Å². The third-order valence-corrected chi connectivity index (χ3v) is 8.56. The molecule has 0 spiro atoms. The maximum absolute atomic E-state index is 6.37. The first-order valence-corrected chi connectivity index (χ1v) is 14.8. The SMILES string of the molecule is CN(CCc1ccccc1)CCc1cccc(Nc2ncc3c(n2)-c2ccccc2[C@H](c2ccc(Cl)c(Cl)c2)C3)c1.Cl. The molecule has 5 aromatic rings. The van der Waals surface area contributed by atoms with Crippen molar-refractivity contribution in [2.24, 2.45) is 0 Å². The van der Waals surface area contributed by atoms with E-state index in [0.29, 0.717) is 16.0 Å². The summed E-state index contributed by atoms with van der Waals surface area (Å²) >= 11 is 12.6. The maximum Gasteiger partial charge on any atom is 0.227 e. The number of benzene rings is 4. The van der Waals surface area contributed by atoms with Crippen molar-refractivity contribution in [3.05, 3.63) is 141 Å². The summed E-state index contributed by atoms with van der Waals surface area (Å²) in [5.41, 5.74) is 9.26. The lowest BCUT2D eigenvalue weighted by molar-refractivity contribution is 0.343. The summed E-state index contributed by atoms with van der Waals surface area (Å²) < 4.78 is 0. The zero-order valence-electron chi connectivity index (χ0n) is 23.4. The number of hydrogen-bond acceptors (Lipinski definition) is 4. The van der Waals surface area contributed by atoms with Crippen LogP contribution >= 0.6 is 35.6 Å². The van der Waals surface area contributed by atoms with Gasteiger partial charge in [-0.2, -0.15) is 0 Å². The Bertz CT molecular complexity index is 1660. The highest BCUT2D eigenvalue weighted by Crippen LogP contribution is 2.43. The highest BCUT2D eigenvalue weighted by molar-refractivity contribution is 6.42. The molecule has 1 aliphatic rings. The van der Waals surface area contributed by atoms with Crippen LogP contribution in [0.4, 0.5) is 11.6 Å². The Morgan fingerprint density at radius 1 is 0.810 bits per heavy atom. The Morgan fingerprint density at radius 3 is 2.36 bits per heavy atom. The fourth-order valence-corrected chi connectivity index (χ4v) is 5.86. The second-order valence-corrected chi connectivity index (χ2v) is 11.5. The van der Waals surface area contributed by atoms with E-state index in [0.717, 1.165) is 60.4 Å². The van der Waals surface area contributed by atoms with E-state index < -0.39 is 0 Å². The quantitative estimate of drug-likeness (QED) is 0.180. The van der Waals surface area contributed by atoms with Gasteiger partial charge in [0.1, 0.15) is 0 Å². The summed E-state index contributed by atoms with van der Waals surface area (Å²) in [4.78, 5) is 12.1. The average Bonchev–Trinajstić information content (AvgIpc) is 3.01. The van der Waals surface area contributed by atoms with Gasteiger partial charge in [0.05, 0.1) is 15.7 Å². The summed E-state index contributed by atoms with van der Waals surface area (Å²) in [6.45, 7) is 2.04. The molecule has 1 heterocycles. The first-order chi connectivity index (χ1) is 20.0. The van der Waals surface area contributed by atoms with E-state index in [4.69, 9.17) is 33.2 Å². The molecule has 7 heteroatoms. The highest BCUT2D eigenvalue weighted by Gasteiger charge is 2.27. The van der Waals surface area contributed by atoms with Crippen LogP contribution in [0.1, 0.15) is 33.7 Å². The number of fused-ring (bicyclic) bond motifs is 3. The van der Waals surface area contributed by atoms with Crippen LogP contribution in [0.5, 0.6) is 0 Å². The predicted molar refractivity (Wildman–Crippen MR) is 178 cm³/mol. The summed E-state index contributed by atoms with van der Waals surface area (Å²) in [5.74, 6) is 0.766. The van der Waals surface area contributed by atoms with Crippen molar-refractivity contribution in [3.63, 3.8) is 0 Å². The molecule has 1 aliphatic carbocycles. The highest BCUT2D eigenvalue weighted by atomic mass is 35.5. The predicted octanol–water partition coefficient (Wildman–Crippen LogP) is 9.02. The van der Waals surface area contributed by atoms with Gasteiger partial charge in [-0.05, 0) is 78.4 Å². The van der Waals surface area contributed by atoms with Crippen molar-refractivity contribution in [2.45, 2.75) is 25.2 Å². The lowest BCUT2D eigenvalue weighted by Gasteiger charge is -2.27. The van der Waals surface area contributed by atoms with Crippen molar-refractivity contribution >= 4 is 47.2 Å². The lowest BCUT2D eigenvalue weighted by atomic mass is 9.78. The molecule has 0 amide bonds. The lowest BCUT2D eigenvalue weighted by Crippen LogP contribution is -2.23. The van der Waals surface area contributed by atoms with E-state index in [1.807, 2.05) is 18.3 Å². The van der Waals surface area contributed by atoms with Crippen LogP contribution in [0.3, 0.4) is 0 Å². The molecule has 0 radical (unpaired) electrons. The summed E-state index contributed by atoms with van der Waals surface area (Å²) in [7, 11) is 2.19.